The first kappa shape index (κ1) is 117. The Hall–Kier alpha value is -14.3. The maximum atomic E-state index is 14.9. The third-order valence-electron chi connectivity index (χ3n) is 21.9. The molecule has 1 fully saturated rings. The summed E-state index contributed by atoms with van der Waals surface area (Å²) in [5.74, 6) is -29.7. The molecule has 760 valence electrons. The van der Waals surface area contributed by atoms with Gasteiger partial charge in [-0.2, -0.15) is 0 Å². The van der Waals surface area contributed by atoms with Crippen molar-refractivity contribution in [1.29, 1.82) is 0 Å². The Kier molecular flexibility index (Phi) is 50.1. The number of carboxylic acids is 2. The number of phenols is 2. The van der Waals surface area contributed by atoms with E-state index in [0.717, 1.165) is 11.8 Å². The number of unbranched alkanes of at least 4 members (excludes halogenated alkanes) is 2. The predicted molar refractivity (Wildman–Crippen MR) is 482 cm³/mol. The van der Waals surface area contributed by atoms with Crippen molar-refractivity contribution in [3.63, 3.8) is 0 Å². The number of primary amides is 5. The average molecular weight is 1940 g/mol. The summed E-state index contributed by atoms with van der Waals surface area (Å²) in [6.45, 7) is 8.63. The van der Waals surface area contributed by atoms with Gasteiger partial charge in [0.15, 0.2) is 0 Å². The molecule has 0 bridgehead atoms. The number of carboxylic acid groups (broad SMARTS) is 2. The molecule has 18 unspecified atom stereocenters. The fourth-order valence-electron chi connectivity index (χ4n) is 14.0. The predicted octanol–water partition coefficient (Wildman–Crippen LogP) is -10.6. The number of carbonyl (C=O) groups excluding carboxylic acids is 21. The van der Waals surface area contributed by atoms with Gasteiger partial charge in [0, 0.05) is 25.8 Å². The average Bonchev–Trinajstić information content (AvgIpc) is 1.73. The summed E-state index contributed by atoms with van der Waals surface area (Å²) in [6, 6.07) is -15.7. The molecule has 1 heterocycles. The molecule has 36 N–H and O–H groups in total. The van der Waals surface area contributed by atoms with Crippen LogP contribution in [-0.4, -0.2) is 296 Å². The molecule has 0 saturated carbocycles. The van der Waals surface area contributed by atoms with Gasteiger partial charge in [-0.05, 0) is 131 Å². The maximum absolute atomic E-state index is 14.9. The van der Waals surface area contributed by atoms with Crippen LogP contribution in [0.15, 0.2) is 48.5 Å². The third-order valence-corrected chi connectivity index (χ3v) is 21.9. The SMILES string of the molecule is CCC(C)C(NC(=O)C(N)CC(=O)O)C(=O)NC(CC(N)=O)C(=O)N1CCCC1C(=O)NC(CC(N)=O)C(=O)NC(CC(N)=O)C(=O)NCC(=O)NC(Cc1ccc(O)cc1)C(=O)NC(C(=O)NC(C(=O)NC(Cc1ccc(O)cc1)C(=O)NC(CC(N)=O)C(=O)NC(CCC(N)=O)C(=O)NC(CCCCN)C(=O)NC(C(=O)NC(CCCCN)C(=O)NCC(=O)O)C(C)C)C(C)CC)C(C)O. The van der Waals surface area contributed by atoms with Crippen LogP contribution in [0.4, 0.5) is 0 Å². The number of nitrogens with zero attached hydrogens (tertiary/aromatic N) is 1. The van der Waals surface area contributed by atoms with Crippen molar-refractivity contribution in [3.05, 3.63) is 59.7 Å². The number of rotatable bonds is 63. The van der Waals surface area contributed by atoms with E-state index < -0.39 is 321 Å². The number of likely N-dealkylation sites (tertiary alicyclic amines) is 1. The molecule has 52 heteroatoms. The minimum absolute atomic E-state index is 0.0201. The van der Waals surface area contributed by atoms with Crippen molar-refractivity contribution < 1.29 is 136 Å². The van der Waals surface area contributed by atoms with Crippen molar-refractivity contribution in [1.82, 2.24) is 84.7 Å². The fourth-order valence-corrected chi connectivity index (χ4v) is 14.0. The van der Waals surface area contributed by atoms with Gasteiger partial charge in [-0.1, -0.05) is 78.6 Å². The van der Waals surface area contributed by atoms with E-state index in [4.69, 9.17) is 51.0 Å². The molecule has 1 aliphatic heterocycles. The van der Waals surface area contributed by atoms with Crippen molar-refractivity contribution in [3.8, 4) is 11.5 Å². The van der Waals surface area contributed by atoms with Gasteiger partial charge in [0.2, 0.25) is 124 Å². The van der Waals surface area contributed by atoms with Crippen molar-refractivity contribution in [2.24, 2.45) is 63.6 Å². The standard InChI is InChI=1S/C85H132N24O28/c1-8-41(5)68(106-71(123)48(88)33-65(119)120)83(135)104-57(37-63(93)117)85(137)109-30-14-17-58(109)80(132)102-56(36-62(92)116)78(130)100-54(34-60(90)114)73(125)94-38-64(118)96-52(31-44-18-22-46(111)23-19-44)79(131)108-70(43(7)110)84(136)107-69(42(6)9-2)82(134)103-53(32-45-20-24-47(112)25-21-45)76(128)101-55(35-61(91)115)77(129)98-51(26-27-59(89)113)74(126)97-50(16-11-13-29-87)75(127)105-67(40(3)4)81(133)99-49(15-10-12-28-86)72(124)95-39-66(121)122/h18-25,40-43,48-58,67-70,110-112H,8-17,26-39,86-88H2,1-7H3,(H2,89,113)(H2,90,114)(H2,91,115)(H2,92,116)(H2,93,117)(H,94,125)(H,95,124)(H,96,118)(H,97,126)(H,98,129)(H,99,133)(H,100,130)(H,101,128)(H,102,132)(H,103,134)(H,104,135)(H,105,127)(H,106,123)(H,107,136)(H,108,131)(H,119,120)(H,121,122). The number of aliphatic carboxylic acids is 2. The van der Waals surface area contributed by atoms with Gasteiger partial charge in [0.1, 0.15) is 103 Å². The number of aliphatic hydroxyl groups excluding tert-OH is 1. The van der Waals surface area contributed by atoms with Crippen LogP contribution in [-0.2, 0) is 123 Å². The molecule has 0 radical (unpaired) electrons. The second-order valence-electron chi connectivity index (χ2n) is 33.5. The number of aromatic hydroxyl groups is 2. The summed E-state index contributed by atoms with van der Waals surface area (Å²) in [5, 5.41) is 85.4. The molecule has 2 aromatic carbocycles. The smallest absolute Gasteiger partial charge is 0.322 e. The molecule has 2 aromatic rings. The lowest BCUT2D eigenvalue weighted by Crippen LogP contribution is -2.63. The Morgan fingerprint density at radius 2 is 0.730 bits per heavy atom. The lowest BCUT2D eigenvalue weighted by Gasteiger charge is -2.31. The molecule has 0 spiro atoms. The number of benzene rings is 2. The summed E-state index contributed by atoms with van der Waals surface area (Å²) >= 11 is 0. The van der Waals surface area contributed by atoms with Gasteiger partial charge in [0.05, 0.1) is 50.8 Å². The van der Waals surface area contributed by atoms with E-state index in [-0.39, 0.29) is 87.2 Å². The summed E-state index contributed by atoms with van der Waals surface area (Å²) in [6.07, 6.45) is -7.43. The van der Waals surface area contributed by atoms with Crippen LogP contribution in [0.25, 0.3) is 0 Å². The summed E-state index contributed by atoms with van der Waals surface area (Å²) in [7, 11) is 0. The first-order chi connectivity index (χ1) is 64.3. The maximum Gasteiger partial charge on any atom is 0.322 e. The monoisotopic (exact) mass is 1940 g/mol. The lowest BCUT2D eigenvalue weighted by molar-refractivity contribution is -0.144. The third kappa shape index (κ3) is 41.6. The van der Waals surface area contributed by atoms with E-state index in [1.54, 1.807) is 27.7 Å². The number of phenolic OH excluding ortho intramolecular Hbond substituents is 2. The topological polar surface area (TPSA) is 886 Å². The Bertz CT molecular complexity index is 4580. The van der Waals surface area contributed by atoms with Gasteiger partial charge in [-0.3, -0.25) is 110 Å². The van der Waals surface area contributed by atoms with Crippen molar-refractivity contribution in [2.45, 2.75) is 267 Å². The zero-order valence-electron chi connectivity index (χ0n) is 77.3. The second-order valence-corrected chi connectivity index (χ2v) is 33.5. The van der Waals surface area contributed by atoms with Gasteiger partial charge < -0.3 is 156 Å². The van der Waals surface area contributed by atoms with E-state index >= 15 is 0 Å². The van der Waals surface area contributed by atoms with Crippen LogP contribution in [0.3, 0.4) is 0 Å². The Morgan fingerprint density at radius 3 is 1.18 bits per heavy atom. The number of carbonyl (C=O) groups is 23. The highest BCUT2D eigenvalue weighted by atomic mass is 16.4. The first-order valence-electron chi connectivity index (χ1n) is 44.4. The summed E-state index contributed by atoms with van der Waals surface area (Å²) in [4.78, 5) is 313. The van der Waals surface area contributed by atoms with Gasteiger partial charge in [0.25, 0.3) is 0 Å². The molecule has 0 aromatic heterocycles. The van der Waals surface area contributed by atoms with Crippen LogP contribution in [0, 0.1) is 17.8 Å². The molecule has 0 aliphatic carbocycles. The molecule has 52 nitrogen and oxygen atoms in total. The Labute approximate surface area is 788 Å². The first-order valence-corrected chi connectivity index (χ1v) is 44.4. The number of aliphatic hydroxyl groups is 1. The van der Waals surface area contributed by atoms with E-state index in [1.807, 2.05) is 0 Å². The fraction of sp³-hybridized carbons (Fsp3) is 0.588. The highest BCUT2D eigenvalue weighted by Gasteiger charge is 2.44. The second kappa shape index (κ2) is 58.8. The van der Waals surface area contributed by atoms with Crippen LogP contribution >= 0.6 is 0 Å². The van der Waals surface area contributed by atoms with Crippen LogP contribution < -0.4 is 126 Å². The molecule has 137 heavy (non-hydrogen) atoms. The minimum atomic E-state index is -2.04. The minimum Gasteiger partial charge on any atom is -0.508 e. The molecule has 1 aliphatic rings. The zero-order chi connectivity index (χ0) is 103. The van der Waals surface area contributed by atoms with Crippen molar-refractivity contribution >= 4 is 136 Å². The summed E-state index contributed by atoms with van der Waals surface area (Å²) in [5.41, 5.74) is 45.1. The zero-order valence-corrected chi connectivity index (χ0v) is 77.3. The van der Waals surface area contributed by atoms with E-state index in [1.165, 1.54) is 62.4 Å². The van der Waals surface area contributed by atoms with E-state index in [9.17, 15) is 131 Å². The van der Waals surface area contributed by atoms with Crippen LogP contribution in [0.1, 0.15) is 169 Å². The summed E-state index contributed by atoms with van der Waals surface area (Å²) < 4.78 is 0. The number of hydrogen-bond donors (Lipinski definition) is 28. The number of hydrogen-bond acceptors (Lipinski definition) is 29. The largest absolute Gasteiger partial charge is 0.508 e. The normalized spacial score (nSPS) is 15.9. The van der Waals surface area contributed by atoms with Crippen LogP contribution in [0.2, 0.25) is 0 Å². The number of nitrogens with one attached hydrogen (secondary N) is 15. The molecular weight excluding hydrogens is 1810 g/mol. The van der Waals surface area contributed by atoms with E-state index in [0.29, 0.717) is 19.3 Å². The quantitative estimate of drug-likeness (QED) is 0.0274. The molecular formula is C85H132N24O28. The van der Waals surface area contributed by atoms with Crippen molar-refractivity contribution in [2.75, 3.05) is 32.7 Å². The lowest BCUT2D eigenvalue weighted by atomic mass is 9.96. The van der Waals surface area contributed by atoms with E-state index in [2.05, 4.69) is 79.8 Å². The number of amides is 21. The number of nitrogens with two attached hydrogens (primary N) is 8. The molecule has 18 atom stereocenters. The van der Waals surface area contributed by atoms with Gasteiger partial charge in [-0.25, -0.2) is 0 Å². The molecule has 1 saturated heterocycles. The molecule has 21 amide bonds. The Balaban J connectivity index is 1.97. The molecule has 3 rings (SSSR count). The Morgan fingerprint density at radius 1 is 0.380 bits per heavy atom. The highest BCUT2D eigenvalue weighted by Crippen LogP contribution is 2.23. The van der Waals surface area contributed by atoms with Gasteiger partial charge >= 0.3 is 11.9 Å². The highest BCUT2D eigenvalue weighted by molar-refractivity contribution is 6.03. The van der Waals surface area contributed by atoms with Crippen LogP contribution in [0.5, 0.6) is 11.5 Å². The van der Waals surface area contributed by atoms with Gasteiger partial charge in [-0.15, -0.1) is 0 Å².